The molecule has 4 aromatic rings. The van der Waals surface area contributed by atoms with E-state index in [0.717, 1.165) is 12.6 Å². The highest BCUT2D eigenvalue weighted by atomic mass is 19.4. The number of likely N-dealkylation sites (tertiary alicyclic amines) is 1. The number of amides is 1. The Labute approximate surface area is 214 Å². The van der Waals surface area contributed by atoms with Gasteiger partial charge < -0.3 is 19.3 Å². The van der Waals surface area contributed by atoms with Gasteiger partial charge in [0.15, 0.2) is 11.5 Å². The van der Waals surface area contributed by atoms with Gasteiger partial charge in [-0.15, -0.1) is 0 Å². The Balaban J connectivity index is 1.74. The molecule has 13 heteroatoms. The molecule has 1 N–H and O–H groups in total. The molecule has 0 aliphatic carbocycles. The van der Waals surface area contributed by atoms with E-state index in [0.29, 0.717) is 28.9 Å². The molecule has 1 aliphatic heterocycles. The summed E-state index contributed by atoms with van der Waals surface area (Å²) >= 11 is 0. The van der Waals surface area contributed by atoms with Gasteiger partial charge in [-0.25, -0.2) is 9.97 Å². The van der Waals surface area contributed by atoms with Crippen molar-refractivity contribution in [3.05, 3.63) is 54.2 Å². The smallest absolute Gasteiger partial charge is 0.433 e. The van der Waals surface area contributed by atoms with Crippen LogP contribution in [0.25, 0.3) is 33.8 Å². The molecule has 4 heterocycles. The van der Waals surface area contributed by atoms with E-state index in [1.807, 2.05) is 0 Å². The molecule has 1 amide bonds. The minimum atomic E-state index is -4.82. The molecule has 1 saturated heterocycles. The van der Waals surface area contributed by atoms with E-state index < -0.39 is 18.0 Å². The number of carbonyl (C=O) groups is 1. The number of para-hydroxylation sites is 1. The third-order valence-corrected chi connectivity index (χ3v) is 6.17. The van der Waals surface area contributed by atoms with Crippen LogP contribution in [-0.4, -0.2) is 67.1 Å². The van der Waals surface area contributed by atoms with Crippen LogP contribution in [0, 0.1) is 0 Å². The fraction of sp³-hybridized carbons (Fsp3) is 0.320. The van der Waals surface area contributed by atoms with Gasteiger partial charge in [0.1, 0.15) is 17.8 Å². The molecule has 0 bridgehead atoms. The van der Waals surface area contributed by atoms with E-state index in [1.165, 1.54) is 32.6 Å². The third kappa shape index (κ3) is 4.49. The van der Waals surface area contributed by atoms with Crippen LogP contribution in [0.1, 0.15) is 29.4 Å². The van der Waals surface area contributed by atoms with Gasteiger partial charge in [-0.05, 0) is 31.5 Å². The topological polar surface area (TPSA) is 119 Å². The summed E-state index contributed by atoms with van der Waals surface area (Å²) in [6.07, 6.45) is -1.29. The Morgan fingerprint density at radius 2 is 2.03 bits per heavy atom. The first-order valence-electron chi connectivity index (χ1n) is 11.7. The maximum absolute atomic E-state index is 14.2. The van der Waals surface area contributed by atoms with Gasteiger partial charge in [-0.3, -0.25) is 9.48 Å². The first-order valence-corrected chi connectivity index (χ1v) is 11.7. The molecule has 1 aromatic carbocycles. The maximum atomic E-state index is 14.2. The summed E-state index contributed by atoms with van der Waals surface area (Å²) in [6, 6.07) is 6.41. The lowest BCUT2D eigenvalue weighted by molar-refractivity contribution is -0.144. The number of aliphatic hydroxyl groups is 1. The molecule has 3 aromatic heterocycles. The zero-order valence-corrected chi connectivity index (χ0v) is 20.4. The highest BCUT2D eigenvalue weighted by Gasteiger charge is 2.41. The van der Waals surface area contributed by atoms with Crippen molar-refractivity contribution in [3.63, 3.8) is 0 Å². The Morgan fingerprint density at radius 3 is 2.63 bits per heavy atom. The molecule has 0 radical (unpaired) electrons. The lowest BCUT2D eigenvalue weighted by atomic mass is 9.97. The summed E-state index contributed by atoms with van der Waals surface area (Å²) in [7, 11) is 1.40. The lowest BCUT2D eigenvalue weighted by Crippen LogP contribution is -2.42. The monoisotopic (exact) mass is 528 g/mol. The van der Waals surface area contributed by atoms with Gasteiger partial charge in [0.25, 0.3) is 5.91 Å². The fourth-order valence-electron chi connectivity index (χ4n) is 4.37. The number of halogens is 3. The quantitative estimate of drug-likeness (QED) is 0.384. The molecule has 0 spiro atoms. The fourth-order valence-corrected chi connectivity index (χ4v) is 4.37. The van der Waals surface area contributed by atoms with Crippen molar-refractivity contribution >= 4 is 5.91 Å². The number of alkyl halides is 3. The summed E-state index contributed by atoms with van der Waals surface area (Å²) < 4.78 is 54.5. The van der Waals surface area contributed by atoms with Crippen LogP contribution in [0.2, 0.25) is 0 Å². The van der Waals surface area contributed by atoms with Crippen LogP contribution in [0.3, 0.4) is 0 Å². The van der Waals surface area contributed by atoms with Crippen LogP contribution in [0.15, 0.2) is 47.5 Å². The second-order valence-corrected chi connectivity index (χ2v) is 8.80. The number of ether oxygens (including phenoxy) is 1. The molecule has 1 aliphatic rings. The summed E-state index contributed by atoms with van der Waals surface area (Å²) in [5.41, 5.74) is -0.339. The van der Waals surface area contributed by atoms with Gasteiger partial charge in [-0.2, -0.15) is 18.3 Å². The molecule has 1 fully saturated rings. The van der Waals surface area contributed by atoms with Crippen LogP contribution < -0.4 is 4.74 Å². The summed E-state index contributed by atoms with van der Waals surface area (Å²) in [5, 5.41) is 17.7. The molecule has 198 valence electrons. The van der Waals surface area contributed by atoms with Crippen LogP contribution in [0.4, 0.5) is 13.2 Å². The highest BCUT2D eigenvalue weighted by molar-refractivity contribution is 6.01. The van der Waals surface area contributed by atoms with Crippen molar-refractivity contribution < 1.29 is 32.3 Å². The van der Waals surface area contributed by atoms with Gasteiger partial charge >= 0.3 is 6.18 Å². The Hall–Kier alpha value is -4.26. The predicted octanol–water partition coefficient (Wildman–Crippen LogP) is 3.92. The zero-order chi connectivity index (χ0) is 27.0. The van der Waals surface area contributed by atoms with Crippen LogP contribution in [0.5, 0.6) is 5.75 Å². The first kappa shape index (κ1) is 25.4. The summed E-state index contributed by atoms with van der Waals surface area (Å²) in [5.74, 6) is -0.245. The van der Waals surface area contributed by atoms with Crippen molar-refractivity contribution in [2.45, 2.75) is 32.2 Å². The van der Waals surface area contributed by atoms with Gasteiger partial charge in [0.2, 0.25) is 0 Å². The first-order chi connectivity index (χ1) is 18.2. The van der Waals surface area contributed by atoms with Crippen LogP contribution in [-0.2, 0) is 12.7 Å². The predicted molar refractivity (Wildman–Crippen MR) is 128 cm³/mol. The second kappa shape index (κ2) is 9.89. The number of rotatable bonds is 7. The number of benzene rings is 1. The summed E-state index contributed by atoms with van der Waals surface area (Å²) in [6.45, 7) is 2.24. The van der Waals surface area contributed by atoms with Crippen molar-refractivity contribution in [1.29, 1.82) is 0 Å². The van der Waals surface area contributed by atoms with Gasteiger partial charge in [-0.1, -0.05) is 11.2 Å². The highest BCUT2D eigenvalue weighted by Crippen LogP contribution is 2.46. The van der Waals surface area contributed by atoms with Crippen molar-refractivity contribution in [3.8, 4) is 39.6 Å². The van der Waals surface area contributed by atoms with E-state index >= 15 is 0 Å². The molecular weight excluding hydrogens is 505 g/mol. The average Bonchev–Trinajstić information content (AvgIpc) is 3.46. The van der Waals surface area contributed by atoms with E-state index in [-0.39, 0.29) is 46.5 Å². The minimum absolute atomic E-state index is 0.130. The van der Waals surface area contributed by atoms with E-state index in [1.54, 1.807) is 23.1 Å². The third-order valence-electron chi connectivity index (χ3n) is 6.17. The number of nitrogens with zero attached hydrogens (tertiary/aromatic N) is 6. The van der Waals surface area contributed by atoms with Crippen molar-refractivity contribution in [2.75, 3.05) is 20.2 Å². The molecule has 1 atom stereocenters. The molecule has 5 rings (SSSR count). The number of methoxy groups -OCH3 is 1. The zero-order valence-electron chi connectivity index (χ0n) is 20.4. The largest absolute Gasteiger partial charge is 0.495 e. The standard InChI is InChI=1S/C25H23F3N6O4/c1-14(35)12-34-23(25(26,27)28)17(11-31-34)22-19(18-7-8-29-13-30-18)20(32-38-22)15-5-3-6-16(21(15)37-2)24(36)33-9-4-10-33/h3,5-8,11,13-14,35H,4,9-10,12H2,1-2H3/t14-/m1/s1. The molecule has 0 unspecified atom stereocenters. The van der Waals surface area contributed by atoms with E-state index in [4.69, 9.17) is 9.26 Å². The maximum Gasteiger partial charge on any atom is 0.433 e. The van der Waals surface area contributed by atoms with Crippen LogP contribution >= 0.6 is 0 Å². The number of hydrogen-bond acceptors (Lipinski definition) is 8. The van der Waals surface area contributed by atoms with Gasteiger partial charge in [0, 0.05) is 24.8 Å². The van der Waals surface area contributed by atoms with Crippen molar-refractivity contribution in [2.24, 2.45) is 0 Å². The Morgan fingerprint density at radius 1 is 1.24 bits per heavy atom. The number of carbonyl (C=O) groups excluding carboxylic acids is 1. The number of hydrogen-bond donors (Lipinski definition) is 1. The minimum Gasteiger partial charge on any atom is -0.495 e. The van der Waals surface area contributed by atoms with Gasteiger partial charge in [0.05, 0.1) is 48.3 Å². The molecule has 0 saturated carbocycles. The SMILES string of the molecule is COc1c(C(=O)N2CCC2)cccc1-c1noc(-c2cnn(C[C@@H](C)O)c2C(F)(F)F)c1-c1ccncn1. The van der Waals surface area contributed by atoms with E-state index in [9.17, 15) is 23.1 Å². The Kier molecular flexibility index (Phi) is 6.61. The number of aliphatic hydroxyl groups excluding tert-OH is 1. The average molecular weight is 528 g/mol. The van der Waals surface area contributed by atoms with Crippen molar-refractivity contribution in [1.82, 2.24) is 29.8 Å². The Bertz CT molecular complexity index is 1460. The molecule has 38 heavy (non-hydrogen) atoms. The number of aromatic nitrogens is 5. The summed E-state index contributed by atoms with van der Waals surface area (Å²) in [4.78, 5) is 22.8. The normalized spacial score (nSPS) is 14.3. The molecule has 10 nitrogen and oxygen atoms in total. The molecular formula is C25H23F3N6O4. The second-order valence-electron chi connectivity index (χ2n) is 8.80. The van der Waals surface area contributed by atoms with E-state index in [2.05, 4.69) is 20.2 Å². The lowest BCUT2D eigenvalue weighted by Gasteiger charge is -2.31.